The maximum atomic E-state index is 11.9. The third-order valence-electron chi connectivity index (χ3n) is 5.19. The number of phenolic OH excluding ortho intramolecular Hbond substituents is 1. The molecule has 21 heavy (non-hydrogen) atoms. The van der Waals surface area contributed by atoms with Crippen molar-refractivity contribution in [3.63, 3.8) is 0 Å². The van der Waals surface area contributed by atoms with Gasteiger partial charge < -0.3 is 10.2 Å². The standard InChI is InChI=1S/C17H21ClO3/c18-14-12-7-3-1-2-6-11(12)10-13(15(14)19)17(16(20)21)8-4-5-9-17/h10,19H,1-9H2,(H,20,21). The molecule has 0 spiro atoms. The van der Waals surface area contributed by atoms with E-state index in [0.29, 0.717) is 23.4 Å². The average molecular weight is 309 g/mol. The first-order valence-corrected chi connectivity index (χ1v) is 8.21. The summed E-state index contributed by atoms with van der Waals surface area (Å²) in [5.41, 5.74) is 1.75. The maximum Gasteiger partial charge on any atom is 0.314 e. The molecule has 0 saturated heterocycles. The summed E-state index contributed by atoms with van der Waals surface area (Å²) in [6, 6.07) is 1.93. The van der Waals surface area contributed by atoms with Crippen LogP contribution in [0.3, 0.4) is 0 Å². The lowest BCUT2D eigenvalue weighted by atomic mass is 9.77. The fraction of sp³-hybridized carbons (Fsp3) is 0.588. The Morgan fingerprint density at radius 3 is 2.43 bits per heavy atom. The first-order valence-electron chi connectivity index (χ1n) is 7.83. The van der Waals surface area contributed by atoms with E-state index in [4.69, 9.17) is 11.6 Å². The van der Waals surface area contributed by atoms with Crippen LogP contribution in [-0.2, 0) is 23.1 Å². The lowest BCUT2D eigenvalue weighted by Gasteiger charge is -2.27. The van der Waals surface area contributed by atoms with E-state index in [-0.39, 0.29) is 5.75 Å². The molecule has 0 aliphatic heterocycles. The summed E-state index contributed by atoms with van der Waals surface area (Å²) in [6.07, 6.45) is 8.10. The Bertz CT molecular complexity index is 574. The maximum absolute atomic E-state index is 11.9. The Labute approximate surface area is 129 Å². The normalized spacial score (nSPS) is 20.8. The summed E-state index contributed by atoms with van der Waals surface area (Å²) in [7, 11) is 0. The number of aromatic hydroxyl groups is 1. The summed E-state index contributed by atoms with van der Waals surface area (Å²) in [5, 5.41) is 20.6. The largest absolute Gasteiger partial charge is 0.506 e. The molecule has 0 bridgehead atoms. The molecule has 0 aromatic heterocycles. The molecule has 0 amide bonds. The van der Waals surface area contributed by atoms with Gasteiger partial charge in [-0.1, -0.05) is 36.9 Å². The number of benzene rings is 1. The van der Waals surface area contributed by atoms with Gasteiger partial charge in [0.15, 0.2) is 0 Å². The second-order valence-electron chi connectivity index (χ2n) is 6.38. The highest BCUT2D eigenvalue weighted by Crippen LogP contribution is 2.48. The van der Waals surface area contributed by atoms with Crippen molar-refractivity contribution < 1.29 is 15.0 Å². The van der Waals surface area contributed by atoms with Gasteiger partial charge in [-0.25, -0.2) is 0 Å². The van der Waals surface area contributed by atoms with Crippen molar-refractivity contribution in [1.29, 1.82) is 0 Å². The zero-order valence-corrected chi connectivity index (χ0v) is 12.9. The number of aryl methyl sites for hydroxylation is 1. The fourth-order valence-corrected chi connectivity index (χ4v) is 4.28. The van der Waals surface area contributed by atoms with Crippen LogP contribution < -0.4 is 0 Å². The number of carboxylic acid groups (broad SMARTS) is 1. The molecule has 4 heteroatoms. The zero-order chi connectivity index (χ0) is 15.0. The Morgan fingerprint density at radius 2 is 1.76 bits per heavy atom. The third-order valence-corrected chi connectivity index (χ3v) is 5.60. The molecular formula is C17H21ClO3. The molecule has 3 nitrogen and oxygen atoms in total. The monoisotopic (exact) mass is 308 g/mol. The van der Waals surface area contributed by atoms with Crippen LogP contribution in [0.2, 0.25) is 5.02 Å². The number of hydrogen-bond acceptors (Lipinski definition) is 2. The SMILES string of the molecule is O=C(O)C1(c2cc3c(c(Cl)c2O)CCCCC3)CCCC1. The molecular weight excluding hydrogens is 288 g/mol. The van der Waals surface area contributed by atoms with Gasteiger partial charge >= 0.3 is 5.97 Å². The quantitative estimate of drug-likeness (QED) is 0.805. The summed E-state index contributed by atoms with van der Waals surface area (Å²) in [4.78, 5) is 11.9. The van der Waals surface area contributed by atoms with Gasteiger partial charge in [-0.15, -0.1) is 0 Å². The van der Waals surface area contributed by atoms with Gasteiger partial charge in [0.1, 0.15) is 5.75 Å². The van der Waals surface area contributed by atoms with Crippen LogP contribution in [0.5, 0.6) is 5.75 Å². The van der Waals surface area contributed by atoms with E-state index in [0.717, 1.165) is 56.1 Å². The Kier molecular flexibility index (Phi) is 3.87. The molecule has 1 saturated carbocycles. The lowest BCUT2D eigenvalue weighted by molar-refractivity contribution is -0.143. The first kappa shape index (κ1) is 14.7. The van der Waals surface area contributed by atoms with Crippen LogP contribution in [0.1, 0.15) is 61.6 Å². The second-order valence-corrected chi connectivity index (χ2v) is 6.76. The molecule has 1 aromatic rings. The van der Waals surface area contributed by atoms with Crippen molar-refractivity contribution in [2.45, 2.75) is 63.2 Å². The highest BCUT2D eigenvalue weighted by Gasteiger charge is 2.45. The summed E-state index contributed by atoms with van der Waals surface area (Å²) >= 11 is 6.39. The summed E-state index contributed by atoms with van der Waals surface area (Å²) in [6.45, 7) is 0. The van der Waals surface area contributed by atoms with Crippen molar-refractivity contribution in [2.24, 2.45) is 0 Å². The van der Waals surface area contributed by atoms with E-state index >= 15 is 0 Å². The molecule has 0 unspecified atom stereocenters. The fourth-order valence-electron chi connectivity index (χ4n) is 3.96. The lowest BCUT2D eigenvalue weighted by Crippen LogP contribution is -2.33. The van der Waals surface area contributed by atoms with Crippen LogP contribution in [-0.4, -0.2) is 16.2 Å². The van der Waals surface area contributed by atoms with Crippen LogP contribution in [0.15, 0.2) is 6.07 Å². The Morgan fingerprint density at radius 1 is 1.10 bits per heavy atom. The van der Waals surface area contributed by atoms with Crippen molar-refractivity contribution >= 4 is 17.6 Å². The number of rotatable bonds is 2. The number of fused-ring (bicyclic) bond motifs is 1. The summed E-state index contributed by atoms with van der Waals surface area (Å²) in [5.74, 6) is -0.832. The molecule has 0 heterocycles. The predicted molar refractivity (Wildman–Crippen MR) is 82.2 cm³/mol. The van der Waals surface area contributed by atoms with Crippen LogP contribution >= 0.6 is 11.6 Å². The second kappa shape index (κ2) is 5.53. The number of halogens is 1. The Hall–Kier alpha value is -1.22. The minimum atomic E-state index is -0.949. The third kappa shape index (κ3) is 2.32. The van der Waals surface area contributed by atoms with Crippen molar-refractivity contribution in [3.05, 3.63) is 27.8 Å². The molecule has 2 N–H and O–H groups in total. The van der Waals surface area contributed by atoms with Gasteiger partial charge in [0, 0.05) is 5.56 Å². The van der Waals surface area contributed by atoms with Gasteiger partial charge in [0.25, 0.3) is 0 Å². The molecule has 2 aliphatic rings. The van der Waals surface area contributed by atoms with E-state index in [1.165, 1.54) is 0 Å². The van der Waals surface area contributed by atoms with Crippen LogP contribution in [0.4, 0.5) is 0 Å². The first-order chi connectivity index (χ1) is 10.1. The zero-order valence-electron chi connectivity index (χ0n) is 12.1. The van der Waals surface area contributed by atoms with Gasteiger partial charge in [-0.05, 0) is 49.7 Å². The van der Waals surface area contributed by atoms with E-state index in [1.54, 1.807) is 0 Å². The van der Waals surface area contributed by atoms with E-state index in [2.05, 4.69) is 0 Å². The van der Waals surface area contributed by atoms with Crippen LogP contribution in [0.25, 0.3) is 0 Å². The van der Waals surface area contributed by atoms with Gasteiger partial charge in [-0.3, -0.25) is 4.79 Å². The molecule has 1 fully saturated rings. The minimum absolute atomic E-state index is 0.00150. The van der Waals surface area contributed by atoms with Gasteiger partial charge in [0.05, 0.1) is 10.4 Å². The van der Waals surface area contributed by atoms with E-state index in [1.807, 2.05) is 6.07 Å². The molecule has 3 rings (SSSR count). The molecule has 2 aliphatic carbocycles. The smallest absolute Gasteiger partial charge is 0.314 e. The topological polar surface area (TPSA) is 57.5 Å². The minimum Gasteiger partial charge on any atom is -0.506 e. The molecule has 0 atom stereocenters. The average Bonchev–Trinajstić information content (AvgIpc) is 2.84. The molecule has 1 aromatic carbocycles. The van der Waals surface area contributed by atoms with Crippen molar-refractivity contribution in [3.8, 4) is 5.75 Å². The van der Waals surface area contributed by atoms with Gasteiger partial charge in [0.2, 0.25) is 0 Å². The highest BCUT2D eigenvalue weighted by molar-refractivity contribution is 6.33. The van der Waals surface area contributed by atoms with E-state index in [9.17, 15) is 15.0 Å². The number of carbonyl (C=O) groups is 1. The molecule has 114 valence electrons. The Balaban J connectivity index is 2.17. The van der Waals surface area contributed by atoms with Gasteiger partial charge in [-0.2, -0.15) is 0 Å². The summed E-state index contributed by atoms with van der Waals surface area (Å²) < 4.78 is 0. The van der Waals surface area contributed by atoms with Crippen LogP contribution in [0, 0.1) is 0 Å². The number of aliphatic carboxylic acids is 1. The van der Waals surface area contributed by atoms with E-state index < -0.39 is 11.4 Å². The number of hydrogen-bond donors (Lipinski definition) is 2. The molecule has 0 radical (unpaired) electrons. The number of carboxylic acids is 1. The van der Waals surface area contributed by atoms with Crippen molar-refractivity contribution in [1.82, 2.24) is 0 Å². The highest BCUT2D eigenvalue weighted by atomic mass is 35.5. The number of phenols is 1. The predicted octanol–water partition coefficient (Wildman–Crippen LogP) is 4.21. The van der Waals surface area contributed by atoms with Crippen molar-refractivity contribution in [2.75, 3.05) is 0 Å².